The third kappa shape index (κ3) is 3.00. The second kappa shape index (κ2) is 6.10. The lowest BCUT2D eigenvalue weighted by Crippen LogP contribution is -3.13. The summed E-state index contributed by atoms with van der Waals surface area (Å²) in [5.74, 6) is -0.0552. The van der Waals surface area contributed by atoms with Gasteiger partial charge in [0.25, 0.3) is 0 Å². The normalized spacial score (nSPS) is 17.2. The van der Waals surface area contributed by atoms with Gasteiger partial charge in [-0.3, -0.25) is 4.90 Å². The smallest absolute Gasteiger partial charge is 0.336 e. The number of hydrogen-bond acceptors (Lipinski definition) is 4. The first-order valence-electron chi connectivity index (χ1n) is 7.87. The quantitative estimate of drug-likeness (QED) is 0.804. The summed E-state index contributed by atoms with van der Waals surface area (Å²) in [5, 5.41) is 12.9. The van der Waals surface area contributed by atoms with Crippen LogP contribution >= 0.6 is 0 Å². The standard InChI is InChI=1S/C17H22N2O3/c1-3-18-4-6-19(7-5-18)11-13-10-16(21)22-15-9-12(2)8-14(20)17(13)15/h8-10,20H,3-7,11H2,1-2H3. The molecule has 2 heterocycles. The molecule has 5 heteroatoms. The zero-order valence-electron chi connectivity index (χ0n) is 13.1. The van der Waals surface area contributed by atoms with Gasteiger partial charge in [0.05, 0.1) is 13.1 Å². The van der Waals surface area contributed by atoms with E-state index in [1.807, 2.05) is 6.92 Å². The molecule has 0 unspecified atom stereocenters. The van der Waals surface area contributed by atoms with Crippen LogP contribution in [-0.4, -0.2) is 37.6 Å². The number of fused-ring (bicyclic) bond motifs is 1. The molecule has 1 fully saturated rings. The van der Waals surface area contributed by atoms with E-state index in [2.05, 4.69) is 11.8 Å². The molecule has 1 aromatic carbocycles. The van der Waals surface area contributed by atoms with Crippen molar-refractivity contribution in [2.75, 3.05) is 32.7 Å². The highest BCUT2D eigenvalue weighted by Crippen LogP contribution is 2.26. The topological polar surface area (TPSA) is 61.0 Å². The zero-order chi connectivity index (χ0) is 15.7. The summed E-state index contributed by atoms with van der Waals surface area (Å²) in [4.78, 5) is 15.6. The molecule has 1 N–H and O–H groups in total. The highest BCUT2D eigenvalue weighted by Gasteiger charge is 2.20. The third-order valence-electron chi connectivity index (χ3n) is 4.48. The highest BCUT2D eigenvalue weighted by molar-refractivity contribution is 5.86. The monoisotopic (exact) mass is 302 g/mol. The van der Waals surface area contributed by atoms with Crippen molar-refractivity contribution in [1.29, 1.82) is 0 Å². The lowest BCUT2D eigenvalue weighted by molar-refractivity contribution is -0.918. The molecule has 1 aliphatic heterocycles. The molecule has 0 spiro atoms. The van der Waals surface area contributed by atoms with Gasteiger partial charge in [0.2, 0.25) is 0 Å². The predicted molar refractivity (Wildman–Crippen MR) is 83.2 cm³/mol. The molecular weight excluding hydrogens is 280 g/mol. The van der Waals surface area contributed by atoms with Gasteiger partial charge in [-0.15, -0.1) is 0 Å². The van der Waals surface area contributed by atoms with Crippen LogP contribution in [0.25, 0.3) is 11.0 Å². The highest BCUT2D eigenvalue weighted by atomic mass is 16.4. The second-order valence-corrected chi connectivity index (χ2v) is 6.09. The molecular formula is C17H22N2O3. The lowest BCUT2D eigenvalue weighted by Gasteiger charge is -2.31. The first kappa shape index (κ1) is 15.1. The molecule has 0 saturated carbocycles. The Morgan fingerprint density at radius 1 is 1.27 bits per heavy atom. The number of hydrogen-bond donors (Lipinski definition) is 1. The minimum absolute atomic E-state index is 0.0552. The third-order valence-corrected chi connectivity index (χ3v) is 4.48. The molecule has 3 rings (SSSR count). The van der Waals surface area contributed by atoms with Crippen LogP contribution in [0, 0.1) is 6.92 Å². The van der Waals surface area contributed by atoms with Crippen molar-refractivity contribution in [3.8, 4) is 5.75 Å². The number of quaternary nitrogens is 1. The van der Waals surface area contributed by atoms with Crippen molar-refractivity contribution in [3.05, 3.63) is 39.7 Å². The van der Waals surface area contributed by atoms with Crippen LogP contribution in [0.2, 0.25) is 0 Å². The molecule has 2 aromatic rings. The molecule has 0 aliphatic carbocycles. The Labute approximate surface area is 129 Å². The van der Waals surface area contributed by atoms with Gasteiger partial charge < -0.3 is 14.4 Å². The van der Waals surface area contributed by atoms with Gasteiger partial charge in [0.15, 0.2) is 0 Å². The first-order chi connectivity index (χ1) is 10.6. The first-order valence-corrected chi connectivity index (χ1v) is 7.87. The van der Waals surface area contributed by atoms with Gasteiger partial charge in [-0.25, -0.2) is 4.79 Å². The van der Waals surface area contributed by atoms with Crippen LogP contribution in [0.4, 0.5) is 0 Å². The number of rotatable bonds is 3. The van der Waals surface area contributed by atoms with Crippen LogP contribution in [0.3, 0.4) is 0 Å². The summed E-state index contributed by atoms with van der Waals surface area (Å²) in [5.41, 5.74) is 1.68. The number of piperazine rings is 1. The molecule has 22 heavy (non-hydrogen) atoms. The van der Waals surface area contributed by atoms with E-state index in [9.17, 15) is 9.90 Å². The number of nitrogens with zero attached hydrogens (tertiary/aromatic N) is 1. The Balaban J connectivity index is 1.92. The average molecular weight is 302 g/mol. The van der Waals surface area contributed by atoms with E-state index < -0.39 is 0 Å². The maximum absolute atomic E-state index is 12.3. The molecule has 1 saturated heterocycles. The zero-order valence-corrected chi connectivity index (χ0v) is 13.1. The molecule has 0 amide bonds. The summed E-state index contributed by atoms with van der Waals surface area (Å²) >= 11 is 0. The van der Waals surface area contributed by atoms with E-state index in [-0.39, 0.29) is 11.4 Å². The van der Waals surface area contributed by atoms with E-state index in [0.717, 1.165) is 43.9 Å². The number of likely N-dealkylation sites (N-methyl/N-ethyl adjacent to an activating group) is 1. The fourth-order valence-corrected chi connectivity index (χ4v) is 3.24. The Kier molecular flexibility index (Phi) is 4.18. The van der Waals surface area contributed by atoms with Gasteiger partial charge in [0.1, 0.15) is 12.1 Å². The van der Waals surface area contributed by atoms with E-state index in [4.69, 9.17) is 4.42 Å². The number of benzene rings is 1. The SMILES string of the molecule is CCN1CC[NH+](Cc2cc(=O)oc3cc(C)cc([O-])c23)CC1. The Morgan fingerprint density at radius 3 is 2.68 bits per heavy atom. The maximum Gasteiger partial charge on any atom is 0.336 e. The Hall–Kier alpha value is -1.85. The summed E-state index contributed by atoms with van der Waals surface area (Å²) in [7, 11) is 0. The van der Waals surface area contributed by atoms with Gasteiger partial charge in [-0.1, -0.05) is 18.7 Å². The van der Waals surface area contributed by atoms with Crippen molar-refractivity contribution < 1.29 is 14.4 Å². The van der Waals surface area contributed by atoms with Crippen LogP contribution in [0.15, 0.2) is 27.4 Å². The Morgan fingerprint density at radius 2 is 2.00 bits per heavy atom. The van der Waals surface area contributed by atoms with Crippen molar-refractivity contribution in [1.82, 2.24) is 4.90 Å². The van der Waals surface area contributed by atoms with Crippen LogP contribution in [-0.2, 0) is 6.54 Å². The fraction of sp³-hybridized carbons (Fsp3) is 0.471. The maximum atomic E-state index is 12.3. The summed E-state index contributed by atoms with van der Waals surface area (Å²) in [6.45, 7) is 10.00. The molecule has 0 bridgehead atoms. The molecule has 0 atom stereocenters. The minimum Gasteiger partial charge on any atom is -0.872 e. The van der Waals surface area contributed by atoms with Crippen molar-refractivity contribution in [2.24, 2.45) is 0 Å². The second-order valence-electron chi connectivity index (χ2n) is 6.09. The number of aryl methyl sites for hydroxylation is 1. The number of nitrogens with one attached hydrogen (secondary N) is 1. The van der Waals surface area contributed by atoms with Crippen molar-refractivity contribution >= 4 is 11.0 Å². The molecule has 118 valence electrons. The van der Waals surface area contributed by atoms with E-state index in [1.165, 1.54) is 11.0 Å². The molecule has 1 aliphatic rings. The van der Waals surface area contributed by atoms with E-state index in [0.29, 0.717) is 17.5 Å². The Bertz CT molecular complexity index is 730. The molecule has 0 radical (unpaired) electrons. The summed E-state index contributed by atoms with van der Waals surface area (Å²) < 4.78 is 5.21. The van der Waals surface area contributed by atoms with Crippen LogP contribution in [0.5, 0.6) is 5.75 Å². The van der Waals surface area contributed by atoms with Gasteiger partial charge in [-0.05, 0) is 25.1 Å². The summed E-state index contributed by atoms with van der Waals surface area (Å²) in [6.07, 6.45) is 0. The largest absolute Gasteiger partial charge is 0.872 e. The average Bonchev–Trinajstić information content (AvgIpc) is 2.46. The van der Waals surface area contributed by atoms with Gasteiger partial charge >= 0.3 is 5.63 Å². The van der Waals surface area contributed by atoms with Gasteiger partial charge in [0, 0.05) is 30.1 Å². The van der Waals surface area contributed by atoms with Gasteiger partial charge in [-0.2, -0.15) is 0 Å². The van der Waals surface area contributed by atoms with E-state index >= 15 is 0 Å². The lowest BCUT2D eigenvalue weighted by atomic mass is 10.1. The predicted octanol–water partition coefficient (Wildman–Crippen LogP) is -0.105. The molecule has 1 aromatic heterocycles. The van der Waals surface area contributed by atoms with E-state index in [1.54, 1.807) is 12.1 Å². The fourth-order valence-electron chi connectivity index (χ4n) is 3.24. The van der Waals surface area contributed by atoms with Crippen molar-refractivity contribution in [2.45, 2.75) is 20.4 Å². The minimum atomic E-state index is -0.376. The summed E-state index contributed by atoms with van der Waals surface area (Å²) in [6, 6.07) is 4.86. The molecule has 5 nitrogen and oxygen atoms in total. The van der Waals surface area contributed by atoms with Crippen LogP contribution < -0.4 is 15.6 Å². The van der Waals surface area contributed by atoms with Crippen molar-refractivity contribution in [3.63, 3.8) is 0 Å². The van der Waals surface area contributed by atoms with Crippen LogP contribution in [0.1, 0.15) is 18.1 Å².